The van der Waals surface area contributed by atoms with Crippen LogP contribution in [0.2, 0.25) is 0 Å². The Balaban J connectivity index is 2.15. The molecule has 1 aliphatic heterocycles. The van der Waals surface area contributed by atoms with Gasteiger partial charge in [-0.2, -0.15) is 5.26 Å². The van der Waals surface area contributed by atoms with E-state index in [-0.39, 0.29) is 5.92 Å². The number of carbonyl (C=O) groups excluding carboxylic acids is 1. The van der Waals surface area contributed by atoms with Crippen molar-refractivity contribution in [3.05, 3.63) is 59.4 Å². The van der Waals surface area contributed by atoms with Crippen LogP contribution in [0.3, 0.4) is 0 Å². The zero-order valence-corrected chi connectivity index (χ0v) is 10.6. The summed E-state index contributed by atoms with van der Waals surface area (Å²) in [4.78, 5) is 22.9. The molecule has 1 heterocycles. The van der Waals surface area contributed by atoms with Gasteiger partial charge in [0.05, 0.1) is 11.6 Å². The Morgan fingerprint density at radius 1 is 1.40 bits per heavy atom. The fourth-order valence-electron chi connectivity index (χ4n) is 2.00. The second kappa shape index (κ2) is 5.85. The minimum atomic E-state index is -1.13. The van der Waals surface area contributed by atoms with E-state index in [1.54, 1.807) is 18.2 Å². The summed E-state index contributed by atoms with van der Waals surface area (Å²) in [6, 6.07) is 9.14. The van der Waals surface area contributed by atoms with Crippen molar-refractivity contribution >= 4 is 12.4 Å². The number of amides is 1. The Morgan fingerprint density at radius 2 is 2.10 bits per heavy atom. The van der Waals surface area contributed by atoms with E-state index in [0.29, 0.717) is 23.8 Å². The molecule has 1 amide bonds. The van der Waals surface area contributed by atoms with E-state index >= 15 is 0 Å². The van der Waals surface area contributed by atoms with Gasteiger partial charge in [-0.05, 0) is 24.1 Å². The van der Waals surface area contributed by atoms with Crippen LogP contribution >= 0.6 is 0 Å². The number of hydrogen-bond donors (Lipinski definition) is 1. The van der Waals surface area contributed by atoms with Crippen molar-refractivity contribution in [1.82, 2.24) is 4.90 Å². The molecule has 1 N–H and O–H groups in total. The topological polar surface area (TPSA) is 81.4 Å². The summed E-state index contributed by atoms with van der Waals surface area (Å²) in [5, 5.41) is 17.6. The number of aldehydes is 1. The van der Waals surface area contributed by atoms with Crippen molar-refractivity contribution in [2.45, 2.75) is 6.42 Å². The van der Waals surface area contributed by atoms with E-state index in [1.165, 1.54) is 12.4 Å². The van der Waals surface area contributed by atoms with Gasteiger partial charge in [-0.1, -0.05) is 18.2 Å². The highest BCUT2D eigenvalue weighted by molar-refractivity contribution is 5.78. The van der Waals surface area contributed by atoms with Gasteiger partial charge < -0.3 is 5.11 Å². The first kappa shape index (κ1) is 13.6. The highest BCUT2D eigenvalue weighted by atomic mass is 16.4. The van der Waals surface area contributed by atoms with Gasteiger partial charge in [-0.15, -0.1) is 0 Å². The van der Waals surface area contributed by atoms with Crippen LogP contribution < -0.4 is 0 Å². The van der Waals surface area contributed by atoms with Crippen molar-refractivity contribution in [2.24, 2.45) is 5.92 Å². The summed E-state index contributed by atoms with van der Waals surface area (Å²) in [5.41, 5.74) is 1.98. The molecule has 20 heavy (non-hydrogen) atoms. The lowest BCUT2D eigenvalue weighted by atomic mass is 9.91. The summed E-state index contributed by atoms with van der Waals surface area (Å²) in [6.45, 7) is 0. The van der Waals surface area contributed by atoms with Gasteiger partial charge in [-0.3, -0.25) is 9.69 Å². The molecule has 1 unspecified atom stereocenters. The van der Waals surface area contributed by atoms with Crippen LogP contribution in [0, 0.1) is 17.2 Å². The van der Waals surface area contributed by atoms with E-state index in [4.69, 9.17) is 10.4 Å². The molecule has 0 saturated carbocycles. The first-order valence-corrected chi connectivity index (χ1v) is 5.99. The number of benzene rings is 1. The maximum atomic E-state index is 11.1. The first-order valence-electron chi connectivity index (χ1n) is 5.99. The van der Waals surface area contributed by atoms with Gasteiger partial charge in [-0.25, -0.2) is 4.79 Å². The number of nitrogens with zero attached hydrogens (tertiary/aromatic N) is 2. The minimum absolute atomic E-state index is 0.156. The predicted octanol–water partition coefficient (Wildman–Crippen LogP) is 2.31. The Labute approximate surface area is 116 Å². The summed E-state index contributed by atoms with van der Waals surface area (Å²) in [5.74, 6) is -0.156. The molecule has 0 aromatic heterocycles. The molecule has 1 aliphatic rings. The van der Waals surface area contributed by atoms with Crippen LogP contribution in [-0.2, 0) is 11.2 Å². The molecule has 0 radical (unpaired) electrons. The third kappa shape index (κ3) is 2.93. The molecular formula is C15H12N2O3. The largest absolute Gasteiger partial charge is 0.464 e. The molecule has 0 aliphatic carbocycles. The van der Waals surface area contributed by atoms with Gasteiger partial charge in [0.1, 0.15) is 6.29 Å². The first-order chi connectivity index (χ1) is 9.63. The summed E-state index contributed by atoms with van der Waals surface area (Å²) in [7, 11) is 0. The zero-order valence-electron chi connectivity index (χ0n) is 10.6. The number of rotatable bonds is 3. The monoisotopic (exact) mass is 268 g/mol. The number of nitriles is 1. The Morgan fingerprint density at radius 3 is 2.65 bits per heavy atom. The van der Waals surface area contributed by atoms with E-state index in [1.807, 2.05) is 18.2 Å². The average Bonchev–Trinajstić information content (AvgIpc) is 2.48. The molecule has 1 atom stereocenters. The van der Waals surface area contributed by atoms with Crippen molar-refractivity contribution in [3.63, 3.8) is 0 Å². The van der Waals surface area contributed by atoms with E-state index in [0.717, 1.165) is 10.5 Å². The number of allylic oxidation sites excluding steroid dienone is 2. The van der Waals surface area contributed by atoms with Crippen molar-refractivity contribution in [1.29, 1.82) is 5.26 Å². The summed E-state index contributed by atoms with van der Waals surface area (Å²) in [6.07, 6.45) is 4.58. The molecule has 0 fully saturated rings. The highest BCUT2D eigenvalue weighted by Gasteiger charge is 2.19. The quantitative estimate of drug-likeness (QED) is 0.853. The lowest BCUT2D eigenvalue weighted by Crippen LogP contribution is -2.24. The average molecular weight is 268 g/mol. The van der Waals surface area contributed by atoms with Crippen LogP contribution in [0.15, 0.2) is 48.3 Å². The fourth-order valence-corrected chi connectivity index (χ4v) is 2.00. The summed E-state index contributed by atoms with van der Waals surface area (Å²) >= 11 is 0. The van der Waals surface area contributed by atoms with Gasteiger partial charge in [0, 0.05) is 23.9 Å². The van der Waals surface area contributed by atoms with E-state index in [2.05, 4.69) is 0 Å². The third-order valence-corrected chi connectivity index (χ3v) is 3.09. The molecule has 5 heteroatoms. The number of carboxylic acid groups (broad SMARTS) is 1. The van der Waals surface area contributed by atoms with Crippen molar-refractivity contribution < 1.29 is 14.7 Å². The van der Waals surface area contributed by atoms with Gasteiger partial charge in [0.2, 0.25) is 0 Å². The number of carbonyl (C=O) groups is 2. The zero-order chi connectivity index (χ0) is 14.5. The van der Waals surface area contributed by atoms with Crippen LogP contribution in [0.4, 0.5) is 4.79 Å². The smallest absolute Gasteiger partial charge is 0.415 e. The van der Waals surface area contributed by atoms with Crippen LogP contribution in [0.5, 0.6) is 0 Å². The standard InChI is InChI=1S/C15H12N2O3/c16-8-12-3-1-11(2-4-12)7-13-5-6-17(15(19)20)9-14(13)10-18/h1-6,9-10,13H,7H2,(H,19,20). The SMILES string of the molecule is N#Cc1ccc(CC2C=CN(C(=O)O)C=C2C=O)cc1. The van der Waals surface area contributed by atoms with Crippen LogP contribution in [0.1, 0.15) is 11.1 Å². The Bertz CT molecular complexity index is 624. The highest BCUT2D eigenvalue weighted by Crippen LogP contribution is 2.22. The molecule has 0 saturated heterocycles. The van der Waals surface area contributed by atoms with Crippen LogP contribution in [0.25, 0.3) is 0 Å². The van der Waals surface area contributed by atoms with Crippen molar-refractivity contribution in [3.8, 4) is 6.07 Å². The summed E-state index contributed by atoms with van der Waals surface area (Å²) < 4.78 is 0. The van der Waals surface area contributed by atoms with Gasteiger partial charge in [0.15, 0.2) is 0 Å². The minimum Gasteiger partial charge on any atom is -0.464 e. The van der Waals surface area contributed by atoms with Crippen LogP contribution in [-0.4, -0.2) is 22.4 Å². The molecule has 0 spiro atoms. The fraction of sp³-hybridized carbons (Fsp3) is 0.133. The Kier molecular flexibility index (Phi) is 3.96. The van der Waals surface area contributed by atoms with Gasteiger partial charge >= 0.3 is 6.09 Å². The van der Waals surface area contributed by atoms with Gasteiger partial charge in [0.25, 0.3) is 0 Å². The lowest BCUT2D eigenvalue weighted by molar-refractivity contribution is -0.105. The molecule has 1 aromatic rings. The third-order valence-electron chi connectivity index (χ3n) is 3.09. The lowest BCUT2D eigenvalue weighted by Gasteiger charge is -2.21. The molecule has 100 valence electrons. The number of hydrogen-bond acceptors (Lipinski definition) is 3. The van der Waals surface area contributed by atoms with Crippen molar-refractivity contribution in [2.75, 3.05) is 0 Å². The maximum Gasteiger partial charge on any atom is 0.415 e. The molecule has 0 bridgehead atoms. The Hall–Kier alpha value is -2.87. The molecule has 1 aromatic carbocycles. The maximum absolute atomic E-state index is 11.1. The second-order valence-corrected chi connectivity index (χ2v) is 4.40. The van der Waals surface area contributed by atoms with E-state index in [9.17, 15) is 9.59 Å². The molecule has 2 rings (SSSR count). The predicted molar refractivity (Wildman–Crippen MR) is 71.5 cm³/mol. The molecular weight excluding hydrogens is 256 g/mol. The molecule has 5 nitrogen and oxygen atoms in total. The normalized spacial score (nSPS) is 17.2. The van der Waals surface area contributed by atoms with E-state index < -0.39 is 6.09 Å². The second-order valence-electron chi connectivity index (χ2n) is 4.40.